The predicted molar refractivity (Wildman–Crippen MR) is 76.1 cm³/mol. The monoisotopic (exact) mass is 291 g/mol. The molecule has 1 fully saturated rings. The number of rotatable bonds is 3. The molecule has 0 aromatic carbocycles. The van der Waals surface area contributed by atoms with Crippen molar-refractivity contribution in [2.24, 2.45) is 0 Å². The number of carbonyl (C=O) groups is 2. The highest BCUT2D eigenvalue weighted by Crippen LogP contribution is 2.43. The van der Waals surface area contributed by atoms with Gasteiger partial charge in [0.1, 0.15) is 5.60 Å². The summed E-state index contributed by atoms with van der Waals surface area (Å²) in [7, 11) is 0. The Labute approximate surface area is 124 Å². The zero-order valence-electron chi connectivity index (χ0n) is 12.4. The summed E-state index contributed by atoms with van der Waals surface area (Å²) in [4.78, 5) is 23.7. The molecular weight excluding hydrogens is 270 g/mol. The van der Waals surface area contributed by atoms with Crippen LogP contribution in [0.15, 0.2) is 12.3 Å². The molecule has 1 aliphatic heterocycles. The fraction of sp³-hybridized carbons (Fsp3) is 0.625. The summed E-state index contributed by atoms with van der Waals surface area (Å²) in [6, 6.07) is 1.82. The van der Waals surface area contributed by atoms with Crippen molar-refractivity contribution in [1.29, 1.82) is 0 Å². The van der Waals surface area contributed by atoms with E-state index >= 15 is 0 Å². The molecule has 3 rings (SSSR count). The lowest BCUT2D eigenvalue weighted by molar-refractivity contribution is -0.137. The Morgan fingerprint density at radius 1 is 1.33 bits per heavy atom. The van der Waals surface area contributed by atoms with Gasteiger partial charge >= 0.3 is 5.97 Å². The van der Waals surface area contributed by atoms with Crippen LogP contribution >= 0.6 is 0 Å². The van der Waals surface area contributed by atoms with Crippen LogP contribution < -0.4 is 0 Å². The van der Waals surface area contributed by atoms with E-state index in [0.717, 1.165) is 37.9 Å². The topological polar surface area (TPSA) is 57.5 Å². The van der Waals surface area contributed by atoms with Crippen molar-refractivity contribution in [3.8, 4) is 0 Å². The molecule has 1 saturated carbocycles. The second-order valence-electron chi connectivity index (χ2n) is 5.76. The number of hydrogen-bond donors (Lipinski definition) is 0. The fourth-order valence-electron chi connectivity index (χ4n) is 3.46. The second-order valence-corrected chi connectivity index (χ2v) is 5.76. The molecule has 5 heteroatoms. The average Bonchev–Trinajstić information content (AvgIpc) is 2.93. The normalized spacial score (nSPS) is 20.0. The van der Waals surface area contributed by atoms with Crippen molar-refractivity contribution >= 4 is 11.8 Å². The van der Waals surface area contributed by atoms with Gasteiger partial charge in [0, 0.05) is 18.3 Å². The maximum absolute atomic E-state index is 12.1. The van der Waals surface area contributed by atoms with Gasteiger partial charge in [-0.25, -0.2) is 4.79 Å². The Hall–Kier alpha value is -1.62. The molecule has 5 nitrogen and oxygen atoms in total. The van der Waals surface area contributed by atoms with E-state index in [1.807, 2.05) is 6.07 Å². The van der Waals surface area contributed by atoms with Crippen LogP contribution in [-0.2, 0) is 26.4 Å². The number of Topliss-reactive ketones (excluding diaryl/α,β-unsaturated/α-hetero) is 1. The van der Waals surface area contributed by atoms with Gasteiger partial charge in [-0.2, -0.15) is 0 Å². The van der Waals surface area contributed by atoms with Crippen LogP contribution in [0.3, 0.4) is 0 Å². The van der Waals surface area contributed by atoms with E-state index < -0.39 is 11.8 Å². The Bertz CT molecular complexity index is 555. The minimum Gasteiger partial charge on any atom is -0.460 e. The van der Waals surface area contributed by atoms with Gasteiger partial charge in [-0.1, -0.05) is 19.3 Å². The lowest BCUT2D eigenvalue weighted by Crippen LogP contribution is -2.39. The first-order valence-electron chi connectivity index (χ1n) is 7.72. The van der Waals surface area contributed by atoms with Gasteiger partial charge in [-0.3, -0.25) is 4.79 Å². The van der Waals surface area contributed by atoms with Crippen molar-refractivity contribution in [2.45, 2.75) is 51.2 Å². The molecule has 21 heavy (non-hydrogen) atoms. The van der Waals surface area contributed by atoms with Crippen molar-refractivity contribution in [3.63, 3.8) is 0 Å². The van der Waals surface area contributed by atoms with Gasteiger partial charge in [0.2, 0.25) is 0 Å². The lowest BCUT2D eigenvalue weighted by Gasteiger charge is -2.41. The second kappa shape index (κ2) is 5.64. The SMILES string of the molecule is CCOC(=O)C(=O)c1cc2n(c1)CCOC21CCCCC1. The Morgan fingerprint density at radius 2 is 2.10 bits per heavy atom. The largest absolute Gasteiger partial charge is 0.460 e. The number of hydrogen-bond acceptors (Lipinski definition) is 4. The van der Waals surface area contributed by atoms with Crippen LogP contribution in [-0.4, -0.2) is 29.5 Å². The molecular formula is C16H21NO4. The van der Waals surface area contributed by atoms with Crippen LogP contribution in [0.5, 0.6) is 0 Å². The number of aromatic nitrogens is 1. The zero-order chi connectivity index (χ0) is 14.9. The van der Waals surface area contributed by atoms with E-state index in [9.17, 15) is 9.59 Å². The number of fused-ring (bicyclic) bond motifs is 2. The minimum absolute atomic E-state index is 0.213. The number of nitrogens with zero attached hydrogens (tertiary/aromatic N) is 1. The van der Waals surface area contributed by atoms with Crippen LogP contribution in [0.4, 0.5) is 0 Å². The number of carbonyl (C=O) groups excluding carboxylic acids is 2. The first-order valence-corrected chi connectivity index (χ1v) is 7.72. The Morgan fingerprint density at radius 3 is 2.81 bits per heavy atom. The molecule has 1 spiro atoms. The zero-order valence-corrected chi connectivity index (χ0v) is 12.4. The highest BCUT2D eigenvalue weighted by atomic mass is 16.5. The molecule has 0 bridgehead atoms. The third-order valence-electron chi connectivity index (χ3n) is 4.46. The number of esters is 1. The van der Waals surface area contributed by atoms with E-state index in [0.29, 0.717) is 12.2 Å². The number of ether oxygens (including phenoxy) is 2. The maximum Gasteiger partial charge on any atom is 0.379 e. The predicted octanol–water partition coefficient (Wildman–Crippen LogP) is 2.42. The highest BCUT2D eigenvalue weighted by molar-refractivity contribution is 6.40. The molecule has 1 aliphatic carbocycles. The third kappa shape index (κ3) is 2.50. The quantitative estimate of drug-likeness (QED) is 0.487. The summed E-state index contributed by atoms with van der Waals surface area (Å²) >= 11 is 0. The molecule has 0 atom stereocenters. The van der Waals surface area contributed by atoms with Gasteiger partial charge in [0.05, 0.1) is 18.9 Å². The maximum atomic E-state index is 12.1. The van der Waals surface area contributed by atoms with E-state index in [2.05, 4.69) is 4.57 Å². The summed E-state index contributed by atoms with van der Waals surface area (Å²) in [5.74, 6) is -1.34. The van der Waals surface area contributed by atoms with Gasteiger partial charge in [-0.05, 0) is 25.8 Å². The molecule has 1 aromatic rings. The number of ketones is 1. The van der Waals surface area contributed by atoms with Crippen molar-refractivity contribution < 1.29 is 19.1 Å². The standard InChI is InChI=1S/C16H21NO4/c1-2-20-15(19)14(18)12-10-13-16(6-4-3-5-7-16)21-9-8-17(13)11-12/h10-11H,2-9H2,1H3. The van der Waals surface area contributed by atoms with E-state index in [1.54, 1.807) is 13.1 Å². The Kier molecular flexibility index (Phi) is 3.85. The van der Waals surface area contributed by atoms with Crippen LogP contribution in [0.25, 0.3) is 0 Å². The molecule has 2 heterocycles. The summed E-state index contributed by atoms with van der Waals surface area (Å²) < 4.78 is 13.0. The van der Waals surface area contributed by atoms with Crippen LogP contribution in [0.1, 0.15) is 55.1 Å². The Balaban J connectivity index is 1.91. The average molecular weight is 291 g/mol. The molecule has 0 amide bonds. The van der Waals surface area contributed by atoms with Gasteiger partial charge in [0.25, 0.3) is 5.78 Å². The lowest BCUT2D eigenvalue weighted by atomic mass is 9.81. The van der Waals surface area contributed by atoms with Crippen LogP contribution in [0, 0.1) is 0 Å². The van der Waals surface area contributed by atoms with Gasteiger partial charge in [0.15, 0.2) is 0 Å². The van der Waals surface area contributed by atoms with E-state index in [-0.39, 0.29) is 12.2 Å². The van der Waals surface area contributed by atoms with Crippen molar-refractivity contribution in [1.82, 2.24) is 4.57 Å². The minimum atomic E-state index is -0.779. The van der Waals surface area contributed by atoms with Crippen LogP contribution in [0.2, 0.25) is 0 Å². The van der Waals surface area contributed by atoms with E-state index in [4.69, 9.17) is 9.47 Å². The van der Waals surface area contributed by atoms with Gasteiger partial charge in [-0.15, -0.1) is 0 Å². The molecule has 0 saturated heterocycles. The van der Waals surface area contributed by atoms with Crippen molar-refractivity contribution in [2.75, 3.05) is 13.2 Å². The molecule has 1 aromatic heterocycles. The summed E-state index contributed by atoms with van der Waals surface area (Å²) in [5.41, 5.74) is 1.20. The molecule has 0 unspecified atom stereocenters. The first-order chi connectivity index (χ1) is 10.2. The smallest absolute Gasteiger partial charge is 0.379 e. The molecule has 2 aliphatic rings. The first kappa shape index (κ1) is 14.3. The third-order valence-corrected chi connectivity index (χ3v) is 4.46. The molecule has 0 N–H and O–H groups in total. The summed E-state index contributed by atoms with van der Waals surface area (Å²) in [6.45, 7) is 3.30. The molecule has 0 radical (unpaired) electrons. The fourth-order valence-corrected chi connectivity index (χ4v) is 3.46. The molecule has 114 valence electrons. The summed E-state index contributed by atoms with van der Waals surface area (Å²) in [5, 5.41) is 0. The van der Waals surface area contributed by atoms with Gasteiger partial charge < -0.3 is 14.0 Å². The van der Waals surface area contributed by atoms with Crippen molar-refractivity contribution in [3.05, 3.63) is 23.5 Å². The highest BCUT2D eigenvalue weighted by Gasteiger charge is 2.40. The summed E-state index contributed by atoms with van der Waals surface area (Å²) in [6.07, 6.45) is 7.28. The van der Waals surface area contributed by atoms with E-state index in [1.165, 1.54) is 6.42 Å².